The van der Waals surface area contributed by atoms with E-state index in [1.165, 1.54) is 0 Å². The Balaban J connectivity index is 2.19. The van der Waals surface area contributed by atoms with E-state index in [1.807, 2.05) is 44.2 Å². The van der Waals surface area contributed by atoms with Gasteiger partial charge in [0, 0.05) is 13.1 Å². The van der Waals surface area contributed by atoms with Crippen LogP contribution in [0.15, 0.2) is 42.5 Å². The Bertz CT molecular complexity index is 667. The summed E-state index contributed by atoms with van der Waals surface area (Å²) >= 11 is 0. The molecule has 0 bridgehead atoms. The molecule has 0 aliphatic rings. The van der Waals surface area contributed by atoms with Crippen molar-refractivity contribution in [2.75, 3.05) is 13.1 Å². The first-order valence-corrected chi connectivity index (χ1v) is 7.29. The second-order valence-corrected chi connectivity index (χ2v) is 5.28. The molecule has 0 aromatic heterocycles. The fraction of sp³-hybridized carbons (Fsp3) is 0.333. The second kappa shape index (κ2) is 6.90. The summed E-state index contributed by atoms with van der Waals surface area (Å²) < 4.78 is 0. The van der Waals surface area contributed by atoms with Gasteiger partial charge in [-0.3, -0.25) is 4.79 Å². The zero-order valence-corrected chi connectivity index (χ0v) is 12.5. The van der Waals surface area contributed by atoms with Crippen molar-refractivity contribution in [3.8, 4) is 6.07 Å². The molecule has 3 nitrogen and oxygen atoms in total. The lowest BCUT2D eigenvalue weighted by Crippen LogP contribution is -2.35. The van der Waals surface area contributed by atoms with Gasteiger partial charge >= 0.3 is 0 Å². The fourth-order valence-electron chi connectivity index (χ4n) is 2.50. The van der Waals surface area contributed by atoms with E-state index in [2.05, 4.69) is 18.2 Å². The Morgan fingerprint density at radius 3 is 2.67 bits per heavy atom. The van der Waals surface area contributed by atoms with Gasteiger partial charge in [-0.15, -0.1) is 0 Å². The zero-order chi connectivity index (χ0) is 15.2. The van der Waals surface area contributed by atoms with E-state index < -0.39 is 0 Å². The average molecular weight is 280 g/mol. The molecule has 1 amide bonds. The molecule has 21 heavy (non-hydrogen) atoms. The molecule has 0 spiro atoms. The average Bonchev–Trinajstić information content (AvgIpc) is 2.52. The van der Waals surface area contributed by atoms with Gasteiger partial charge in [0.15, 0.2) is 0 Å². The number of hydrogen-bond acceptors (Lipinski definition) is 2. The maximum absolute atomic E-state index is 12.5. The van der Waals surface area contributed by atoms with Crippen LogP contribution in [0.25, 0.3) is 10.8 Å². The first-order chi connectivity index (χ1) is 10.2. The molecule has 2 aromatic carbocycles. The van der Waals surface area contributed by atoms with Gasteiger partial charge < -0.3 is 4.90 Å². The van der Waals surface area contributed by atoms with Crippen molar-refractivity contribution in [1.29, 1.82) is 5.26 Å². The lowest BCUT2D eigenvalue weighted by Gasteiger charge is -2.22. The molecule has 0 aliphatic heterocycles. The SMILES string of the molecule is CCN(C[C@H](C)C#N)C(=O)Cc1cccc2ccccc12. The second-order valence-electron chi connectivity index (χ2n) is 5.28. The smallest absolute Gasteiger partial charge is 0.227 e. The van der Waals surface area contributed by atoms with Gasteiger partial charge in [0.05, 0.1) is 18.4 Å². The first kappa shape index (κ1) is 15.1. The van der Waals surface area contributed by atoms with Crippen LogP contribution in [0.2, 0.25) is 0 Å². The van der Waals surface area contributed by atoms with E-state index in [1.54, 1.807) is 4.90 Å². The summed E-state index contributed by atoms with van der Waals surface area (Å²) in [7, 11) is 0. The summed E-state index contributed by atoms with van der Waals surface area (Å²) in [6.07, 6.45) is 0.382. The standard InChI is InChI=1S/C18H20N2O/c1-3-20(13-14(2)12-19)18(21)11-16-9-6-8-15-7-4-5-10-17(15)16/h4-10,14H,3,11,13H2,1-2H3/t14-/m1/s1. The first-order valence-electron chi connectivity index (χ1n) is 7.29. The minimum Gasteiger partial charge on any atom is -0.341 e. The van der Waals surface area contributed by atoms with E-state index >= 15 is 0 Å². The van der Waals surface area contributed by atoms with Crippen LogP contribution in [-0.2, 0) is 11.2 Å². The van der Waals surface area contributed by atoms with Gasteiger partial charge in [0.25, 0.3) is 0 Å². The zero-order valence-electron chi connectivity index (χ0n) is 12.5. The van der Waals surface area contributed by atoms with Crippen LogP contribution in [0.1, 0.15) is 19.4 Å². The molecular weight excluding hydrogens is 260 g/mol. The molecule has 3 heteroatoms. The van der Waals surface area contributed by atoms with Crippen LogP contribution in [-0.4, -0.2) is 23.9 Å². The third kappa shape index (κ3) is 3.61. The number of rotatable bonds is 5. The van der Waals surface area contributed by atoms with Gasteiger partial charge in [-0.2, -0.15) is 5.26 Å². The summed E-state index contributed by atoms with van der Waals surface area (Å²) in [5, 5.41) is 11.2. The highest BCUT2D eigenvalue weighted by Crippen LogP contribution is 2.19. The van der Waals surface area contributed by atoms with E-state index in [0.717, 1.165) is 16.3 Å². The number of likely N-dealkylation sites (N-methyl/N-ethyl adjacent to an activating group) is 1. The fourth-order valence-corrected chi connectivity index (χ4v) is 2.50. The van der Waals surface area contributed by atoms with Gasteiger partial charge in [-0.05, 0) is 30.2 Å². The Kier molecular flexibility index (Phi) is 4.94. The van der Waals surface area contributed by atoms with Crippen LogP contribution < -0.4 is 0 Å². The predicted molar refractivity (Wildman–Crippen MR) is 84.7 cm³/mol. The van der Waals surface area contributed by atoms with E-state index in [0.29, 0.717) is 19.5 Å². The van der Waals surface area contributed by atoms with Gasteiger partial charge in [0.1, 0.15) is 0 Å². The number of benzene rings is 2. The molecule has 1 atom stereocenters. The minimum atomic E-state index is -0.138. The molecule has 108 valence electrons. The maximum atomic E-state index is 12.5. The predicted octanol–water partition coefficient (Wildman–Crippen LogP) is 3.39. The molecular formula is C18H20N2O. The van der Waals surface area contributed by atoms with Crippen molar-refractivity contribution in [2.24, 2.45) is 5.92 Å². The monoisotopic (exact) mass is 280 g/mol. The summed E-state index contributed by atoms with van der Waals surface area (Å²) in [5.41, 5.74) is 1.04. The van der Waals surface area contributed by atoms with Gasteiger partial charge in [0.2, 0.25) is 5.91 Å². The highest BCUT2D eigenvalue weighted by Gasteiger charge is 2.16. The van der Waals surface area contributed by atoms with Crippen molar-refractivity contribution in [3.05, 3.63) is 48.0 Å². The van der Waals surface area contributed by atoms with Crippen molar-refractivity contribution in [3.63, 3.8) is 0 Å². The Labute approximate surface area is 125 Å². The molecule has 0 radical (unpaired) electrons. The number of nitriles is 1. The lowest BCUT2D eigenvalue weighted by atomic mass is 10.0. The molecule has 2 rings (SSSR count). The van der Waals surface area contributed by atoms with Crippen LogP contribution >= 0.6 is 0 Å². The molecule has 0 saturated heterocycles. The number of fused-ring (bicyclic) bond motifs is 1. The number of carbonyl (C=O) groups is 1. The summed E-state index contributed by atoms with van der Waals surface area (Å²) in [6.45, 7) is 4.92. The van der Waals surface area contributed by atoms with Crippen molar-refractivity contribution < 1.29 is 4.79 Å². The minimum absolute atomic E-state index is 0.0796. The molecule has 2 aromatic rings. The number of amides is 1. The van der Waals surface area contributed by atoms with E-state index in [9.17, 15) is 4.79 Å². The summed E-state index contributed by atoms with van der Waals surface area (Å²) in [6, 6.07) is 16.3. The highest BCUT2D eigenvalue weighted by molar-refractivity contribution is 5.90. The van der Waals surface area contributed by atoms with Gasteiger partial charge in [-0.25, -0.2) is 0 Å². The molecule has 0 heterocycles. The van der Waals surface area contributed by atoms with Crippen molar-refractivity contribution in [1.82, 2.24) is 4.90 Å². The Hall–Kier alpha value is -2.34. The van der Waals surface area contributed by atoms with Gasteiger partial charge in [-0.1, -0.05) is 42.5 Å². The van der Waals surface area contributed by atoms with Crippen LogP contribution in [0.5, 0.6) is 0 Å². The van der Waals surface area contributed by atoms with E-state index in [-0.39, 0.29) is 11.8 Å². The molecule has 0 unspecified atom stereocenters. The third-order valence-electron chi connectivity index (χ3n) is 3.67. The Morgan fingerprint density at radius 2 is 1.95 bits per heavy atom. The lowest BCUT2D eigenvalue weighted by molar-refractivity contribution is -0.130. The largest absolute Gasteiger partial charge is 0.341 e. The number of carbonyl (C=O) groups excluding carboxylic acids is 1. The summed E-state index contributed by atoms with van der Waals surface area (Å²) in [5.74, 6) is -0.0580. The maximum Gasteiger partial charge on any atom is 0.227 e. The van der Waals surface area contributed by atoms with E-state index in [4.69, 9.17) is 5.26 Å². The normalized spacial score (nSPS) is 11.9. The third-order valence-corrected chi connectivity index (χ3v) is 3.67. The number of nitrogens with zero attached hydrogens (tertiary/aromatic N) is 2. The summed E-state index contributed by atoms with van der Waals surface area (Å²) in [4.78, 5) is 14.2. The van der Waals surface area contributed by atoms with Crippen LogP contribution in [0, 0.1) is 17.2 Å². The van der Waals surface area contributed by atoms with Crippen LogP contribution in [0.3, 0.4) is 0 Å². The van der Waals surface area contributed by atoms with Crippen molar-refractivity contribution in [2.45, 2.75) is 20.3 Å². The van der Waals surface area contributed by atoms with Crippen molar-refractivity contribution >= 4 is 16.7 Å². The Morgan fingerprint density at radius 1 is 1.24 bits per heavy atom. The quantitative estimate of drug-likeness (QED) is 0.842. The molecule has 0 N–H and O–H groups in total. The number of hydrogen-bond donors (Lipinski definition) is 0. The molecule has 0 saturated carbocycles. The van der Waals surface area contributed by atoms with Crippen LogP contribution in [0.4, 0.5) is 0 Å². The highest BCUT2D eigenvalue weighted by atomic mass is 16.2. The topological polar surface area (TPSA) is 44.1 Å². The molecule has 0 fully saturated rings. The molecule has 0 aliphatic carbocycles.